The second-order valence-corrected chi connectivity index (χ2v) is 5.07. The van der Waals surface area contributed by atoms with Gasteiger partial charge in [-0.25, -0.2) is 4.98 Å². The van der Waals surface area contributed by atoms with Crippen molar-refractivity contribution >= 4 is 29.7 Å². The zero-order valence-electron chi connectivity index (χ0n) is 10.2. The van der Waals surface area contributed by atoms with Crippen molar-refractivity contribution in [2.24, 2.45) is 11.7 Å². The van der Waals surface area contributed by atoms with Crippen molar-refractivity contribution < 1.29 is 4.79 Å². The fourth-order valence-electron chi connectivity index (χ4n) is 1.31. The number of carbonyl (C=O) groups excluding carboxylic acids is 1. The Hall–Kier alpha value is -0.650. The van der Waals surface area contributed by atoms with Crippen molar-refractivity contribution in [3.63, 3.8) is 0 Å². The Balaban J connectivity index is 0.00000256. The smallest absolute Gasteiger partial charge is 0.270 e. The predicted molar refractivity (Wildman–Crippen MR) is 73.7 cm³/mol. The van der Waals surface area contributed by atoms with E-state index in [1.54, 1.807) is 5.38 Å². The van der Waals surface area contributed by atoms with Gasteiger partial charge in [-0.1, -0.05) is 13.8 Å². The van der Waals surface area contributed by atoms with E-state index in [1.807, 2.05) is 0 Å². The Labute approximate surface area is 112 Å². The summed E-state index contributed by atoms with van der Waals surface area (Å²) in [6, 6.07) is 0. The molecule has 0 aromatic carbocycles. The standard InChI is InChI=1S/C11H19N3OS.ClH/c1-8(2)4-3-5-13-11(15)9-7-16-10(6-12)14-9;/h7-8H,3-6,12H2,1-2H3,(H,13,15);1H. The number of halogens is 1. The van der Waals surface area contributed by atoms with Crippen LogP contribution in [0.5, 0.6) is 0 Å². The van der Waals surface area contributed by atoms with Crippen LogP contribution in [0, 0.1) is 5.92 Å². The van der Waals surface area contributed by atoms with Crippen molar-refractivity contribution in [2.45, 2.75) is 33.2 Å². The molecule has 3 N–H and O–H groups in total. The first-order chi connectivity index (χ1) is 7.63. The summed E-state index contributed by atoms with van der Waals surface area (Å²) in [5.74, 6) is 0.583. The molecule has 17 heavy (non-hydrogen) atoms. The molecule has 1 amide bonds. The number of hydrogen-bond acceptors (Lipinski definition) is 4. The van der Waals surface area contributed by atoms with E-state index in [9.17, 15) is 4.79 Å². The van der Waals surface area contributed by atoms with Crippen LogP contribution in [0.4, 0.5) is 0 Å². The van der Waals surface area contributed by atoms with Gasteiger partial charge in [0.2, 0.25) is 0 Å². The molecule has 0 saturated heterocycles. The van der Waals surface area contributed by atoms with Crippen molar-refractivity contribution in [1.82, 2.24) is 10.3 Å². The zero-order chi connectivity index (χ0) is 12.0. The number of hydrogen-bond donors (Lipinski definition) is 2. The number of aromatic nitrogens is 1. The van der Waals surface area contributed by atoms with E-state index in [-0.39, 0.29) is 18.3 Å². The minimum absolute atomic E-state index is 0. The highest BCUT2D eigenvalue weighted by Gasteiger charge is 2.09. The first-order valence-electron chi connectivity index (χ1n) is 5.56. The average Bonchev–Trinajstić information content (AvgIpc) is 2.72. The van der Waals surface area contributed by atoms with Crippen LogP contribution in [0.2, 0.25) is 0 Å². The molecule has 1 heterocycles. The van der Waals surface area contributed by atoms with E-state index in [1.165, 1.54) is 11.3 Å². The van der Waals surface area contributed by atoms with E-state index in [4.69, 9.17) is 5.73 Å². The van der Waals surface area contributed by atoms with Crippen molar-refractivity contribution in [1.29, 1.82) is 0 Å². The first kappa shape index (κ1) is 16.4. The van der Waals surface area contributed by atoms with Crippen LogP contribution >= 0.6 is 23.7 Å². The highest BCUT2D eigenvalue weighted by Crippen LogP contribution is 2.08. The van der Waals surface area contributed by atoms with Crippen LogP contribution in [-0.2, 0) is 6.54 Å². The molecule has 1 aromatic heterocycles. The summed E-state index contributed by atoms with van der Waals surface area (Å²) >= 11 is 1.43. The molecule has 0 aliphatic rings. The molecule has 0 aliphatic heterocycles. The lowest BCUT2D eigenvalue weighted by Crippen LogP contribution is -2.25. The molecule has 0 unspecified atom stereocenters. The summed E-state index contributed by atoms with van der Waals surface area (Å²) in [6.07, 6.45) is 2.14. The summed E-state index contributed by atoms with van der Waals surface area (Å²) in [4.78, 5) is 15.7. The Morgan fingerprint density at radius 1 is 1.59 bits per heavy atom. The van der Waals surface area contributed by atoms with Gasteiger partial charge < -0.3 is 11.1 Å². The molecule has 98 valence electrons. The van der Waals surface area contributed by atoms with Crippen LogP contribution in [0.25, 0.3) is 0 Å². The second kappa shape index (κ2) is 8.44. The predicted octanol–water partition coefficient (Wildman–Crippen LogP) is 2.19. The molecule has 0 spiro atoms. The maximum atomic E-state index is 11.6. The fourth-order valence-corrected chi connectivity index (χ4v) is 1.97. The van der Waals surface area contributed by atoms with Crippen LogP contribution in [0.3, 0.4) is 0 Å². The third-order valence-corrected chi connectivity index (χ3v) is 3.07. The van der Waals surface area contributed by atoms with Crippen LogP contribution in [-0.4, -0.2) is 17.4 Å². The van der Waals surface area contributed by atoms with E-state index in [0.29, 0.717) is 24.7 Å². The normalized spacial score (nSPS) is 10.1. The summed E-state index contributed by atoms with van der Waals surface area (Å²) < 4.78 is 0. The van der Waals surface area contributed by atoms with E-state index < -0.39 is 0 Å². The van der Waals surface area contributed by atoms with Gasteiger partial charge in [0, 0.05) is 18.5 Å². The minimum Gasteiger partial charge on any atom is -0.351 e. The number of nitrogens with zero attached hydrogens (tertiary/aromatic N) is 1. The number of amides is 1. The largest absolute Gasteiger partial charge is 0.351 e. The molecule has 1 rings (SSSR count). The Morgan fingerprint density at radius 2 is 2.29 bits per heavy atom. The molecule has 0 atom stereocenters. The number of nitrogens with two attached hydrogens (primary N) is 1. The first-order valence-corrected chi connectivity index (χ1v) is 6.44. The van der Waals surface area contributed by atoms with Gasteiger partial charge in [0.05, 0.1) is 0 Å². The molecule has 0 aliphatic carbocycles. The maximum absolute atomic E-state index is 11.6. The molecular weight excluding hydrogens is 258 g/mol. The summed E-state index contributed by atoms with van der Waals surface area (Å²) in [7, 11) is 0. The lowest BCUT2D eigenvalue weighted by Gasteiger charge is -2.05. The van der Waals surface area contributed by atoms with Gasteiger partial charge in [0.25, 0.3) is 5.91 Å². The van der Waals surface area contributed by atoms with E-state index >= 15 is 0 Å². The minimum atomic E-state index is -0.0975. The molecule has 1 aromatic rings. The Kier molecular flexibility index (Phi) is 8.12. The maximum Gasteiger partial charge on any atom is 0.270 e. The van der Waals surface area contributed by atoms with Crippen molar-refractivity contribution in [3.05, 3.63) is 16.1 Å². The number of rotatable bonds is 6. The lowest BCUT2D eigenvalue weighted by atomic mass is 10.1. The fraction of sp³-hybridized carbons (Fsp3) is 0.636. The van der Waals surface area contributed by atoms with Gasteiger partial charge in [-0.05, 0) is 18.8 Å². The highest BCUT2D eigenvalue weighted by atomic mass is 35.5. The van der Waals surface area contributed by atoms with Crippen molar-refractivity contribution in [2.75, 3.05) is 6.54 Å². The van der Waals surface area contributed by atoms with Crippen LogP contribution in [0.1, 0.15) is 42.2 Å². The van der Waals surface area contributed by atoms with Gasteiger partial charge in [-0.15, -0.1) is 23.7 Å². The molecular formula is C11H20ClN3OS. The monoisotopic (exact) mass is 277 g/mol. The zero-order valence-corrected chi connectivity index (χ0v) is 11.9. The molecule has 0 fully saturated rings. The van der Waals surface area contributed by atoms with Gasteiger partial charge in [-0.3, -0.25) is 4.79 Å². The van der Waals surface area contributed by atoms with E-state index in [0.717, 1.165) is 17.8 Å². The highest BCUT2D eigenvalue weighted by molar-refractivity contribution is 7.09. The lowest BCUT2D eigenvalue weighted by molar-refractivity contribution is 0.0948. The molecule has 0 radical (unpaired) electrons. The van der Waals surface area contributed by atoms with E-state index in [2.05, 4.69) is 24.1 Å². The van der Waals surface area contributed by atoms with Gasteiger partial charge in [0.1, 0.15) is 10.7 Å². The Morgan fingerprint density at radius 3 is 2.82 bits per heavy atom. The number of thiazole rings is 1. The third-order valence-electron chi connectivity index (χ3n) is 2.20. The number of carbonyl (C=O) groups is 1. The summed E-state index contributed by atoms with van der Waals surface area (Å²) in [6.45, 7) is 5.46. The summed E-state index contributed by atoms with van der Waals surface area (Å²) in [5.41, 5.74) is 5.92. The molecule has 0 saturated carbocycles. The van der Waals surface area contributed by atoms with Gasteiger partial charge in [-0.2, -0.15) is 0 Å². The van der Waals surface area contributed by atoms with Gasteiger partial charge >= 0.3 is 0 Å². The molecule has 6 heteroatoms. The van der Waals surface area contributed by atoms with Gasteiger partial charge in [0.15, 0.2) is 0 Å². The Bertz CT molecular complexity index is 341. The number of nitrogens with one attached hydrogen (secondary N) is 1. The third kappa shape index (κ3) is 6.00. The topological polar surface area (TPSA) is 68.0 Å². The SMILES string of the molecule is CC(C)CCCNC(=O)c1csc(CN)n1.Cl. The molecule has 4 nitrogen and oxygen atoms in total. The van der Waals surface area contributed by atoms with Crippen LogP contribution < -0.4 is 11.1 Å². The molecule has 0 bridgehead atoms. The summed E-state index contributed by atoms with van der Waals surface area (Å²) in [5, 5.41) is 5.40. The average molecular weight is 278 g/mol. The van der Waals surface area contributed by atoms with Crippen LogP contribution in [0.15, 0.2) is 5.38 Å². The van der Waals surface area contributed by atoms with Crippen molar-refractivity contribution in [3.8, 4) is 0 Å². The quantitative estimate of drug-likeness (QED) is 0.783. The second-order valence-electron chi connectivity index (χ2n) is 4.12.